The van der Waals surface area contributed by atoms with E-state index in [0.717, 1.165) is 27.9 Å². The van der Waals surface area contributed by atoms with Crippen LogP contribution in [-0.2, 0) is 6.42 Å². The van der Waals surface area contributed by atoms with Crippen LogP contribution < -0.4 is 5.32 Å². The molecule has 3 aromatic heterocycles. The van der Waals surface area contributed by atoms with Gasteiger partial charge in [-0.05, 0) is 50.1 Å². The minimum atomic E-state index is -0.313. The highest BCUT2D eigenvalue weighted by Gasteiger charge is 2.15. The van der Waals surface area contributed by atoms with Crippen molar-refractivity contribution in [3.8, 4) is 5.82 Å². The van der Waals surface area contributed by atoms with Crippen LogP contribution in [0.15, 0.2) is 54.7 Å². The number of nitrogens with one attached hydrogen (secondary N) is 1. The average Bonchev–Trinajstić information content (AvgIpc) is 3.06. The summed E-state index contributed by atoms with van der Waals surface area (Å²) < 4.78 is 1.70. The zero-order valence-electron chi connectivity index (χ0n) is 16.2. The van der Waals surface area contributed by atoms with E-state index in [1.54, 1.807) is 23.0 Å². The van der Waals surface area contributed by atoms with Gasteiger partial charge in [0.2, 0.25) is 0 Å². The Morgan fingerprint density at radius 3 is 2.76 bits per heavy atom. The fourth-order valence-electron chi connectivity index (χ4n) is 3.33. The van der Waals surface area contributed by atoms with Crippen molar-refractivity contribution >= 4 is 28.4 Å². The number of amides is 1. The zero-order valence-corrected chi connectivity index (χ0v) is 16.9. The molecular weight excluding hydrogens is 386 g/mol. The minimum absolute atomic E-state index is 0.188. The van der Waals surface area contributed by atoms with Crippen molar-refractivity contribution < 1.29 is 4.79 Å². The third-order valence-electron chi connectivity index (χ3n) is 4.67. The van der Waals surface area contributed by atoms with E-state index in [-0.39, 0.29) is 11.6 Å². The van der Waals surface area contributed by atoms with Gasteiger partial charge in [-0.1, -0.05) is 35.9 Å². The first-order valence-corrected chi connectivity index (χ1v) is 9.72. The van der Waals surface area contributed by atoms with Gasteiger partial charge in [0.05, 0.1) is 16.2 Å². The molecule has 1 N–H and O–H groups in total. The number of hydrogen-bond acceptors (Lipinski definition) is 4. The largest absolute Gasteiger partial charge is 0.350 e. The van der Waals surface area contributed by atoms with Crippen LogP contribution >= 0.6 is 11.6 Å². The first-order valence-electron chi connectivity index (χ1n) is 9.34. The fraction of sp³-hybridized carbons (Fsp3) is 0.182. The van der Waals surface area contributed by atoms with Crippen molar-refractivity contribution in [3.63, 3.8) is 0 Å². The van der Waals surface area contributed by atoms with E-state index >= 15 is 0 Å². The van der Waals surface area contributed by atoms with Crippen LogP contribution in [-0.4, -0.2) is 32.2 Å². The van der Waals surface area contributed by atoms with Crippen LogP contribution in [0.25, 0.3) is 16.7 Å². The number of aryl methyl sites for hydroxylation is 2. The average molecular weight is 406 g/mol. The van der Waals surface area contributed by atoms with Gasteiger partial charge in [0.1, 0.15) is 5.69 Å². The van der Waals surface area contributed by atoms with Gasteiger partial charge >= 0.3 is 0 Å². The number of pyridine rings is 2. The highest BCUT2D eigenvalue weighted by atomic mass is 35.5. The van der Waals surface area contributed by atoms with E-state index in [4.69, 9.17) is 11.6 Å². The molecule has 1 amide bonds. The summed E-state index contributed by atoms with van der Waals surface area (Å²) in [4.78, 5) is 21.6. The predicted octanol–water partition coefficient (Wildman–Crippen LogP) is 4.06. The van der Waals surface area contributed by atoms with E-state index in [1.165, 1.54) is 0 Å². The summed E-state index contributed by atoms with van der Waals surface area (Å²) in [6.45, 7) is 4.31. The number of aromatic nitrogens is 4. The molecule has 0 atom stereocenters. The Hall–Kier alpha value is -3.25. The van der Waals surface area contributed by atoms with Crippen molar-refractivity contribution in [2.24, 2.45) is 0 Å². The maximum absolute atomic E-state index is 12.7. The van der Waals surface area contributed by atoms with Crippen LogP contribution in [0.1, 0.15) is 27.4 Å². The van der Waals surface area contributed by atoms with Crippen LogP contribution in [0, 0.1) is 13.8 Å². The minimum Gasteiger partial charge on any atom is -0.350 e. The molecule has 0 fully saturated rings. The number of fused-ring (bicyclic) bond motifs is 1. The van der Waals surface area contributed by atoms with Gasteiger partial charge < -0.3 is 5.32 Å². The lowest BCUT2D eigenvalue weighted by Crippen LogP contribution is -2.27. The van der Waals surface area contributed by atoms with E-state index in [9.17, 15) is 4.79 Å². The Morgan fingerprint density at radius 2 is 1.97 bits per heavy atom. The molecule has 0 bridgehead atoms. The second kappa shape index (κ2) is 8.01. The summed E-state index contributed by atoms with van der Waals surface area (Å²) in [6.07, 6.45) is 2.44. The van der Waals surface area contributed by atoms with Crippen molar-refractivity contribution in [1.82, 2.24) is 25.1 Å². The molecule has 0 aliphatic heterocycles. The van der Waals surface area contributed by atoms with Gasteiger partial charge in [0.15, 0.2) is 5.82 Å². The Labute approximate surface area is 173 Å². The molecule has 4 aromatic rings. The monoisotopic (exact) mass is 405 g/mol. The second-order valence-corrected chi connectivity index (χ2v) is 7.24. The number of benzene rings is 1. The van der Waals surface area contributed by atoms with Crippen molar-refractivity contribution in [3.05, 3.63) is 82.4 Å². The zero-order chi connectivity index (χ0) is 20.4. The third-order valence-corrected chi connectivity index (χ3v) is 4.97. The fourth-order valence-corrected chi connectivity index (χ4v) is 3.52. The highest BCUT2D eigenvalue weighted by molar-refractivity contribution is 6.33. The first-order chi connectivity index (χ1) is 14.0. The van der Waals surface area contributed by atoms with Gasteiger partial charge in [0, 0.05) is 23.8 Å². The lowest BCUT2D eigenvalue weighted by Gasteiger charge is -2.10. The molecule has 3 heterocycles. The highest BCUT2D eigenvalue weighted by Crippen LogP contribution is 2.18. The van der Waals surface area contributed by atoms with Crippen LogP contribution in [0.2, 0.25) is 5.02 Å². The summed E-state index contributed by atoms with van der Waals surface area (Å²) in [5.41, 5.74) is 4.04. The topological polar surface area (TPSA) is 72.7 Å². The quantitative estimate of drug-likeness (QED) is 0.543. The molecule has 6 nitrogen and oxygen atoms in total. The summed E-state index contributed by atoms with van der Waals surface area (Å²) in [5, 5.41) is 8.71. The van der Waals surface area contributed by atoms with Crippen molar-refractivity contribution in [2.75, 3.05) is 6.54 Å². The molecule has 29 heavy (non-hydrogen) atoms. The lowest BCUT2D eigenvalue weighted by atomic mass is 10.1. The molecule has 0 saturated heterocycles. The Kier molecular flexibility index (Phi) is 5.27. The summed E-state index contributed by atoms with van der Waals surface area (Å²) >= 11 is 6.23. The molecule has 4 rings (SSSR count). The summed E-state index contributed by atoms with van der Waals surface area (Å²) in [5.74, 6) is 0.245. The molecule has 0 spiro atoms. The van der Waals surface area contributed by atoms with E-state index in [1.807, 2.05) is 50.2 Å². The number of halogens is 1. The number of rotatable bonds is 5. The summed E-state index contributed by atoms with van der Waals surface area (Å²) in [6, 6.07) is 15.4. The van der Waals surface area contributed by atoms with Gasteiger partial charge in [0.25, 0.3) is 5.91 Å². The number of nitrogens with zero attached hydrogens (tertiary/aromatic N) is 4. The maximum Gasteiger partial charge on any atom is 0.271 e. The molecule has 7 heteroatoms. The number of carbonyl (C=O) groups excluding carboxylic acids is 1. The standard InChI is InChI=1S/C22H20ClN5O/c1-14-13-15(2)28(27-14)19-9-8-18(23)21(26-19)22(29)25-12-10-17-6-3-5-16-7-4-11-24-20(16)17/h3-9,11,13H,10,12H2,1-2H3,(H,25,29). The van der Waals surface area contributed by atoms with Gasteiger partial charge in [-0.15, -0.1) is 0 Å². The predicted molar refractivity (Wildman–Crippen MR) is 114 cm³/mol. The maximum atomic E-state index is 12.7. The van der Waals surface area contributed by atoms with Crippen LogP contribution in [0.3, 0.4) is 0 Å². The third kappa shape index (κ3) is 3.98. The van der Waals surface area contributed by atoms with E-state index in [0.29, 0.717) is 23.8 Å². The molecule has 0 unspecified atom stereocenters. The normalized spacial score (nSPS) is 11.0. The smallest absolute Gasteiger partial charge is 0.271 e. The number of hydrogen-bond donors (Lipinski definition) is 1. The molecule has 146 valence electrons. The van der Waals surface area contributed by atoms with Gasteiger partial charge in [-0.2, -0.15) is 5.10 Å². The Morgan fingerprint density at radius 1 is 1.14 bits per heavy atom. The molecule has 0 radical (unpaired) electrons. The number of para-hydroxylation sites is 1. The molecule has 0 aliphatic carbocycles. The molecular formula is C22H20ClN5O. The lowest BCUT2D eigenvalue weighted by molar-refractivity contribution is 0.0949. The van der Waals surface area contributed by atoms with Crippen molar-refractivity contribution in [1.29, 1.82) is 0 Å². The van der Waals surface area contributed by atoms with E-state index in [2.05, 4.69) is 20.4 Å². The van der Waals surface area contributed by atoms with Gasteiger partial charge in [-0.25, -0.2) is 9.67 Å². The summed E-state index contributed by atoms with van der Waals surface area (Å²) in [7, 11) is 0. The number of carbonyl (C=O) groups is 1. The van der Waals surface area contributed by atoms with Gasteiger partial charge in [-0.3, -0.25) is 9.78 Å². The molecule has 1 aromatic carbocycles. The van der Waals surface area contributed by atoms with Crippen LogP contribution in [0.5, 0.6) is 0 Å². The van der Waals surface area contributed by atoms with E-state index < -0.39 is 0 Å². The molecule has 0 saturated carbocycles. The SMILES string of the molecule is Cc1cc(C)n(-c2ccc(Cl)c(C(=O)NCCc3cccc4cccnc34)n2)n1. The van der Waals surface area contributed by atoms with Crippen LogP contribution in [0.4, 0.5) is 0 Å². The second-order valence-electron chi connectivity index (χ2n) is 6.84. The van der Waals surface area contributed by atoms with Crippen molar-refractivity contribution in [2.45, 2.75) is 20.3 Å². The molecule has 0 aliphatic rings. The first kappa shape index (κ1) is 19.1. The Balaban J connectivity index is 1.50. The Bertz CT molecular complexity index is 1200.